The van der Waals surface area contributed by atoms with Crippen LogP contribution < -0.4 is 10.6 Å². The summed E-state index contributed by atoms with van der Waals surface area (Å²) in [5, 5.41) is 6.61. The molecule has 1 aliphatic heterocycles. The van der Waals surface area contributed by atoms with E-state index in [-0.39, 0.29) is 0 Å². The van der Waals surface area contributed by atoms with Gasteiger partial charge in [-0.1, -0.05) is 0 Å². The predicted molar refractivity (Wildman–Crippen MR) is 69.9 cm³/mol. The van der Waals surface area contributed by atoms with Crippen LogP contribution in [0.15, 0.2) is 4.99 Å². The van der Waals surface area contributed by atoms with E-state index >= 15 is 0 Å². The molecule has 0 aromatic heterocycles. The van der Waals surface area contributed by atoms with Gasteiger partial charge in [-0.15, -0.1) is 0 Å². The third-order valence-corrected chi connectivity index (χ3v) is 2.90. The van der Waals surface area contributed by atoms with Crippen LogP contribution in [0.3, 0.4) is 0 Å². The Morgan fingerprint density at radius 1 is 1.50 bits per heavy atom. The molecule has 0 saturated carbocycles. The van der Waals surface area contributed by atoms with Crippen LogP contribution in [-0.2, 0) is 0 Å². The van der Waals surface area contributed by atoms with Gasteiger partial charge in [0.1, 0.15) is 0 Å². The molecule has 4 heteroatoms. The molecule has 4 nitrogen and oxygen atoms in total. The summed E-state index contributed by atoms with van der Waals surface area (Å²) in [6.45, 7) is 9.40. The molecule has 1 saturated heterocycles. The van der Waals surface area contributed by atoms with Gasteiger partial charge in [0.15, 0.2) is 5.96 Å². The molecule has 16 heavy (non-hydrogen) atoms. The van der Waals surface area contributed by atoms with Gasteiger partial charge in [-0.05, 0) is 47.2 Å². The van der Waals surface area contributed by atoms with Crippen LogP contribution in [0.1, 0.15) is 33.6 Å². The van der Waals surface area contributed by atoms with Crippen molar-refractivity contribution in [1.82, 2.24) is 15.5 Å². The molecule has 1 atom stereocenters. The quantitative estimate of drug-likeness (QED) is 0.556. The maximum absolute atomic E-state index is 4.64. The lowest BCUT2D eigenvalue weighted by Gasteiger charge is -2.19. The summed E-state index contributed by atoms with van der Waals surface area (Å²) in [4.78, 5) is 7.04. The summed E-state index contributed by atoms with van der Waals surface area (Å²) in [5.74, 6) is 0.942. The van der Waals surface area contributed by atoms with Crippen molar-refractivity contribution in [1.29, 1.82) is 0 Å². The van der Waals surface area contributed by atoms with E-state index < -0.39 is 0 Å². The first kappa shape index (κ1) is 13.3. The molecule has 0 radical (unpaired) electrons. The number of hydrogen-bond acceptors (Lipinski definition) is 2. The first-order valence-electron chi connectivity index (χ1n) is 6.38. The van der Waals surface area contributed by atoms with E-state index in [9.17, 15) is 0 Å². The zero-order chi connectivity index (χ0) is 12.0. The Labute approximate surface area is 99.5 Å². The van der Waals surface area contributed by atoms with E-state index in [1.807, 2.05) is 0 Å². The normalized spacial score (nSPS) is 22.8. The molecule has 2 N–H and O–H groups in total. The topological polar surface area (TPSA) is 39.7 Å². The Balaban J connectivity index is 2.43. The summed E-state index contributed by atoms with van der Waals surface area (Å²) in [6, 6.07) is 1.06. The van der Waals surface area contributed by atoms with Crippen LogP contribution in [-0.4, -0.2) is 49.6 Å². The Kier molecular flexibility index (Phi) is 5.60. The van der Waals surface area contributed by atoms with Crippen molar-refractivity contribution in [3.8, 4) is 0 Å². The van der Waals surface area contributed by atoms with Crippen molar-refractivity contribution < 1.29 is 0 Å². The molecule has 1 fully saturated rings. The first-order valence-corrected chi connectivity index (χ1v) is 6.38. The monoisotopic (exact) mass is 226 g/mol. The van der Waals surface area contributed by atoms with Gasteiger partial charge in [-0.2, -0.15) is 0 Å². The Morgan fingerprint density at radius 3 is 2.75 bits per heavy atom. The highest BCUT2D eigenvalue weighted by Crippen LogP contribution is 2.14. The van der Waals surface area contributed by atoms with E-state index in [0.29, 0.717) is 12.1 Å². The molecular formula is C12H26N4. The molecule has 0 spiro atoms. The minimum absolute atomic E-state index is 0.430. The van der Waals surface area contributed by atoms with Gasteiger partial charge >= 0.3 is 0 Å². The van der Waals surface area contributed by atoms with Crippen LogP contribution in [0.2, 0.25) is 0 Å². The van der Waals surface area contributed by atoms with Crippen molar-refractivity contribution in [2.45, 2.75) is 45.7 Å². The van der Waals surface area contributed by atoms with Crippen molar-refractivity contribution >= 4 is 5.96 Å². The zero-order valence-electron chi connectivity index (χ0n) is 11.1. The van der Waals surface area contributed by atoms with Gasteiger partial charge in [0.2, 0.25) is 0 Å². The molecule has 0 aromatic carbocycles. The van der Waals surface area contributed by atoms with Crippen molar-refractivity contribution in [3.63, 3.8) is 0 Å². The van der Waals surface area contributed by atoms with Crippen LogP contribution in [0.25, 0.3) is 0 Å². The molecule has 0 aromatic rings. The highest BCUT2D eigenvalue weighted by molar-refractivity contribution is 5.80. The summed E-state index contributed by atoms with van der Waals surface area (Å²) in [5.41, 5.74) is 0. The molecule has 0 aliphatic carbocycles. The minimum Gasteiger partial charge on any atom is -0.357 e. The summed E-state index contributed by atoms with van der Waals surface area (Å²) >= 11 is 0. The van der Waals surface area contributed by atoms with Crippen molar-refractivity contribution in [3.05, 3.63) is 0 Å². The smallest absolute Gasteiger partial charge is 0.191 e. The summed E-state index contributed by atoms with van der Waals surface area (Å²) in [6.07, 6.45) is 2.59. The number of guanidine groups is 1. The zero-order valence-corrected chi connectivity index (χ0v) is 11.1. The SMILES string of the molecule is CCNC(=NCC1CCCN1C)NC(C)C. The highest BCUT2D eigenvalue weighted by Gasteiger charge is 2.20. The van der Waals surface area contributed by atoms with E-state index in [4.69, 9.17) is 0 Å². The van der Waals surface area contributed by atoms with Gasteiger partial charge in [0, 0.05) is 18.6 Å². The molecule has 1 aliphatic rings. The van der Waals surface area contributed by atoms with E-state index in [0.717, 1.165) is 19.0 Å². The maximum Gasteiger partial charge on any atom is 0.191 e. The van der Waals surface area contributed by atoms with E-state index in [1.54, 1.807) is 0 Å². The molecular weight excluding hydrogens is 200 g/mol. The van der Waals surface area contributed by atoms with Crippen molar-refractivity contribution in [2.75, 3.05) is 26.7 Å². The lowest BCUT2D eigenvalue weighted by Crippen LogP contribution is -2.42. The predicted octanol–water partition coefficient (Wildman–Crippen LogP) is 1.04. The number of likely N-dealkylation sites (tertiary alicyclic amines) is 1. The fraction of sp³-hybridized carbons (Fsp3) is 0.917. The minimum atomic E-state index is 0.430. The average molecular weight is 226 g/mol. The number of likely N-dealkylation sites (N-methyl/N-ethyl adjacent to an activating group) is 1. The number of nitrogens with zero attached hydrogens (tertiary/aromatic N) is 2. The standard InChI is InChI=1S/C12H26N4/c1-5-13-12(15-10(2)3)14-9-11-7-6-8-16(11)4/h10-11H,5-9H2,1-4H3,(H2,13,14,15). The lowest BCUT2D eigenvalue weighted by molar-refractivity contribution is 0.317. The molecule has 0 amide bonds. The Morgan fingerprint density at radius 2 is 2.25 bits per heavy atom. The highest BCUT2D eigenvalue weighted by atomic mass is 15.2. The second-order valence-electron chi connectivity index (χ2n) is 4.80. The fourth-order valence-electron chi connectivity index (χ4n) is 2.00. The molecule has 1 rings (SSSR count). The van der Waals surface area contributed by atoms with Crippen LogP contribution >= 0.6 is 0 Å². The number of hydrogen-bond donors (Lipinski definition) is 2. The lowest BCUT2D eigenvalue weighted by atomic mass is 10.2. The van der Waals surface area contributed by atoms with Crippen LogP contribution in [0.4, 0.5) is 0 Å². The second-order valence-corrected chi connectivity index (χ2v) is 4.80. The third kappa shape index (κ3) is 4.39. The Bertz CT molecular complexity index is 225. The molecule has 94 valence electrons. The average Bonchev–Trinajstić information content (AvgIpc) is 2.60. The number of nitrogens with one attached hydrogen (secondary N) is 2. The van der Waals surface area contributed by atoms with Gasteiger partial charge in [0.25, 0.3) is 0 Å². The number of aliphatic imine (C=N–C) groups is 1. The van der Waals surface area contributed by atoms with E-state index in [2.05, 4.69) is 48.3 Å². The third-order valence-electron chi connectivity index (χ3n) is 2.90. The molecule has 1 unspecified atom stereocenters. The first-order chi connectivity index (χ1) is 7.63. The second kappa shape index (κ2) is 6.74. The summed E-state index contributed by atoms with van der Waals surface area (Å²) < 4.78 is 0. The van der Waals surface area contributed by atoms with Crippen molar-refractivity contribution in [2.24, 2.45) is 4.99 Å². The van der Waals surface area contributed by atoms with Gasteiger partial charge < -0.3 is 15.5 Å². The van der Waals surface area contributed by atoms with E-state index in [1.165, 1.54) is 19.4 Å². The molecule has 1 heterocycles. The van der Waals surface area contributed by atoms with Gasteiger partial charge in [0.05, 0.1) is 6.54 Å². The number of rotatable bonds is 4. The maximum atomic E-state index is 4.64. The Hall–Kier alpha value is -0.770. The summed E-state index contributed by atoms with van der Waals surface area (Å²) in [7, 11) is 2.19. The van der Waals surface area contributed by atoms with Crippen LogP contribution in [0.5, 0.6) is 0 Å². The fourth-order valence-corrected chi connectivity index (χ4v) is 2.00. The van der Waals surface area contributed by atoms with Gasteiger partial charge in [-0.25, -0.2) is 0 Å². The largest absolute Gasteiger partial charge is 0.357 e. The molecule has 0 bridgehead atoms. The van der Waals surface area contributed by atoms with Crippen LogP contribution in [0, 0.1) is 0 Å². The van der Waals surface area contributed by atoms with Gasteiger partial charge in [-0.3, -0.25) is 4.99 Å².